The minimum Gasteiger partial charge on any atom is -0.452 e. The van der Waals surface area contributed by atoms with Gasteiger partial charge in [0, 0.05) is 11.0 Å². The van der Waals surface area contributed by atoms with E-state index in [1.165, 1.54) is 48.0 Å². The third-order valence-electron chi connectivity index (χ3n) is 4.46. The van der Waals surface area contributed by atoms with E-state index in [9.17, 15) is 19.7 Å². The molecule has 0 aromatic heterocycles. The average molecular weight is 400 g/mol. The fourth-order valence-electron chi connectivity index (χ4n) is 3.04. The number of rotatable bonds is 7. The van der Waals surface area contributed by atoms with Gasteiger partial charge in [-0.1, -0.05) is 18.2 Å². The molecule has 1 aliphatic rings. The topological polar surface area (TPSA) is 98.5 Å². The molecule has 3 rings (SSSR count). The molecule has 2 aromatic carbocycles. The van der Waals surface area contributed by atoms with Crippen molar-refractivity contribution in [2.75, 3.05) is 11.1 Å². The molecule has 0 aliphatic heterocycles. The van der Waals surface area contributed by atoms with Crippen molar-refractivity contribution < 1.29 is 19.2 Å². The first-order chi connectivity index (χ1) is 13.4. The van der Waals surface area contributed by atoms with Gasteiger partial charge in [0.2, 0.25) is 0 Å². The Morgan fingerprint density at radius 1 is 1.21 bits per heavy atom. The maximum Gasteiger partial charge on any atom is 0.317 e. The van der Waals surface area contributed by atoms with Gasteiger partial charge in [0.1, 0.15) is 5.69 Å². The smallest absolute Gasteiger partial charge is 0.317 e. The number of hydrogen-bond acceptors (Lipinski definition) is 6. The van der Waals surface area contributed by atoms with Crippen LogP contribution in [-0.2, 0) is 27.2 Å². The van der Waals surface area contributed by atoms with Crippen LogP contribution >= 0.6 is 11.8 Å². The second kappa shape index (κ2) is 8.88. The predicted molar refractivity (Wildman–Crippen MR) is 106 cm³/mol. The summed E-state index contributed by atoms with van der Waals surface area (Å²) in [5.74, 6) is -1.05. The molecule has 1 aliphatic carbocycles. The van der Waals surface area contributed by atoms with Crippen molar-refractivity contribution in [3.8, 4) is 0 Å². The lowest BCUT2D eigenvalue weighted by molar-refractivity contribution is -0.383. The van der Waals surface area contributed by atoms with Gasteiger partial charge in [-0.3, -0.25) is 19.7 Å². The summed E-state index contributed by atoms with van der Waals surface area (Å²) in [4.78, 5) is 35.7. The van der Waals surface area contributed by atoms with Gasteiger partial charge in [-0.05, 0) is 55.5 Å². The molecule has 0 fully saturated rings. The monoisotopic (exact) mass is 400 g/mol. The van der Waals surface area contributed by atoms with Crippen LogP contribution < -0.4 is 5.32 Å². The Morgan fingerprint density at radius 3 is 2.75 bits per heavy atom. The molecule has 146 valence electrons. The zero-order valence-corrected chi connectivity index (χ0v) is 16.2. The summed E-state index contributed by atoms with van der Waals surface area (Å²) in [6.45, 7) is 1.43. The van der Waals surface area contributed by atoms with Crippen molar-refractivity contribution in [2.24, 2.45) is 0 Å². The Morgan fingerprint density at radius 2 is 1.96 bits per heavy atom. The highest BCUT2D eigenvalue weighted by Crippen LogP contribution is 2.28. The first kappa shape index (κ1) is 19.9. The first-order valence-electron chi connectivity index (χ1n) is 8.92. The Kier molecular flexibility index (Phi) is 6.30. The molecule has 1 atom stereocenters. The number of nitro benzene ring substituents is 1. The first-order valence-corrected chi connectivity index (χ1v) is 9.91. The standard InChI is InChI=1S/C20H20N2O5S/c1-13(20(24)21-17-7-2-3-8-18(17)22(25)26)27-19(23)12-28-16-10-9-14-5-4-6-15(14)11-16/h2-3,7-11,13H,4-6,12H2,1H3,(H,21,24)/t13-/m1/s1. The predicted octanol–water partition coefficient (Wildman–Crippen LogP) is 3.75. The summed E-state index contributed by atoms with van der Waals surface area (Å²) in [5, 5.41) is 13.4. The Labute approximate surface area is 166 Å². The van der Waals surface area contributed by atoms with E-state index in [4.69, 9.17) is 4.74 Å². The van der Waals surface area contributed by atoms with Crippen LogP contribution in [0, 0.1) is 10.1 Å². The van der Waals surface area contributed by atoms with E-state index in [1.54, 1.807) is 6.07 Å². The van der Waals surface area contributed by atoms with E-state index in [2.05, 4.69) is 17.4 Å². The van der Waals surface area contributed by atoms with E-state index in [1.807, 2.05) is 6.07 Å². The molecule has 0 unspecified atom stereocenters. The number of hydrogen-bond donors (Lipinski definition) is 1. The number of nitrogens with zero attached hydrogens (tertiary/aromatic N) is 1. The van der Waals surface area contributed by atoms with E-state index < -0.39 is 22.9 Å². The number of para-hydroxylation sites is 2. The molecule has 0 saturated carbocycles. The van der Waals surface area contributed by atoms with Crippen LogP contribution in [0.3, 0.4) is 0 Å². The number of benzene rings is 2. The van der Waals surface area contributed by atoms with E-state index in [-0.39, 0.29) is 17.1 Å². The van der Waals surface area contributed by atoms with Crippen LogP contribution in [0.25, 0.3) is 0 Å². The number of amides is 1. The Balaban J connectivity index is 1.51. The summed E-state index contributed by atoms with van der Waals surface area (Å²) in [6.07, 6.45) is 2.27. The second-order valence-corrected chi connectivity index (χ2v) is 7.52. The minimum absolute atomic E-state index is 0.0629. The molecule has 7 nitrogen and oxygen atoms in total. The molecular formula is C20H20N2O5S. The fourth-order valence-corrected chi connectivity index (χ4v) is 3.78. The lowest BCUT2D eigenvalue weighted by Gasteiger charge is -2.13. The lowest BCUT2D eigenvalue weighted by Crippen LogP contribution is -2.30. The number of esters is 1. The van der Waals surface area contributed by atoms with Crippen molar-refractivity contribution in [1.29, 1.82) is 0 Å². The van der Waals surface area contributed by atoms with Crippen molar-refractivity contribution in [3.05, 3.63) is 63.7 Å². The molecule has 0 saturated heterocycles. The van der Waals surface area contributed by atoms with Crippen LogP contribution in [0.2, 0.25) is 0 Å². The van der Waals surface area contributed by atoms with Crippen molar-refractivity contribution in [3.63, 3.8) is 0 Å². The van der Waals surface area contributed by atoms with Crippen LogP contribution in [0.15, 0.2) is 47.4 Å². The average Bonchev–Trinajstić information content (AvgIpc) is 3.14. The zero-order chi connectivity index (χ0) is 20.1. The van der Waals surface area contributed by atoms with E-state index >= 15 is 0 Å². The second-order valence-electron chi connectivity index (χ2n) is 6.47. The molecule has 8 heteroatoms. The lowest BCUT2D eigenvalue weighted by atomic mass is 10.1. The van der Waals surface area contributed by atoms with Crippen molar-refractivity contribution in [2.45, 2.75) is 37.2 Å². The number of aryl methyl sites for hydroxylation is 2. The van der Waals surface area contributed by atoms with Crippen molar-refractivity contribution >= 4 is 35.0 Å². The molecule has 0 spiro atoms. The number of fused-ring (bicyclic) bond motifs is 1. The van der Waals surface area contributed by atoms with Crippen LogP contribution in [0.4, 0.5) is 11.4 Å². The third kappa shape index (κ3) is 4.89. The number of carbonyl (C=O) groups is 2. The number of nitro groups is 1. The van der Waals surface area contributed by atoms with Gasteiger partial charge in [-0.15, -0.1) is 11.8 Å². The maximum absolute atomic E-state index is 12.2. The van der Waals surface area contributed by atoms with Gasteiger partial charge in [0.25, 0.3) is 11.6 Å². The van der Waals surface area contributed by atoms with Gasteiger partial charge in [-0.25, -0.2) is 0 Å². The SMILES string of the molecule is C[C@@H](OC(=O)CSc1ccc2c(c1)CCC2)C(=O)Nc1ccccc1[N+](=O)[O-]. The van der Waals surface area contributed by atoms with E-state index in [0.717, 1.165) is 24.2 Å². The highest BCUT2D eigenvalue weighted by Gasteiger charge is 2.21. The number of thioether (sulfide) groups is 1. The Bertz CT molecular complexity index is 915. The third-order valence-corrected chi connectivity index (χ3v) is 5.43. The largest absolute Gasteiger partial charge is 0.452 e. The van der Waals surface area contributed by atoms with E-state index in [0.29, 0.717) is 0 Å². The zero-order valence-electron chi connectivity index (χ0n) is 15.3. The molecule has 1 N–H and O–H groups in total. The fraction of sp³-hybridized carbons (Fsp3) is 0.300. The van der Waals surface area contributed by atoms with Gasteiger partial charge in [0.15, 0.2) is 6.10 Å². The summed E-state index contributed by atoms with van der Waals surface area (Å²) in [5.41, 5.74) is 2.54. The minimum atomic E-state index is -1.06. The quantitative estimate of drug-likeness (QED) is 0.329. The van der Waals surface area contributed by atoms with Crippen LogP contribution in [0.5, 0.6) is 0 Å². The normalized spacial score (nSPS) is 13.5. The van der Waals surface area contributed by atoms with Gasteiger partial charge >= 0.3 is 5.97 Å². The van der Waals surface area contributed by atoms with Gasteiger partial charge in [0.05, 0.1) is 10.7 Å². The number of ether oxygens (including phenoxy) is 1. The molecule has 2 aromatic rings. The number of nitrogens with one attached hydrogen (secondary N) is 1. The highest BCUT2D eigenvalue weighted by molar-refractivity contribution is 8.00. The summed E-state index contributed by atoms with van der Waals surface area (Å²) >= 11 is 1.36. The van der Waals surface area contributed by atoms with Gasteiger partial charge in [-0.2, -0.15) is 0 Å². The highest BCUT2D eigenvalue weighted by atomic mass is 32.2. The molecule has 1 amide bonds. The number of carbonyl (C=O) groups excluding carboxylic acids is 2. The molecule has 0 bridgehead atoms. The summed E-state index contributed by atoms with van der Waals surface area (Å²) in [6, 6.07) is 12.0. The summed E-state index contributed by atoms with van der Waals surface area (Å²) in [7, 11) is 0. The summed E-state index contributed by atoms with van der Waals surface area (Å²) < 4.78 is 5.16. The number of anilines is 1. The van der Waals surface area contributed by atoms with Gasteiger partial charge < -0.3 is 10.1 Å². The van der Waals surface area contributed by atoms with Crippen LogP contribution in [-0.4, -0.2) is 28.7 Å². The van der Waals surface area contributed by atoms with Crippen LogP contribution in [0.1, 0.15) is 24.5 Å². The maximum atomic E-state index is 12.2. The Hall–Kier alpha value is -2.87. The molecule has 28 heavy (non-hydrogen) atoms. The molecular weight excluding hydrogens is 380 g/mol. The molecule has 0 radical (unpaired) electrons. The van der Waals surface area contributed by atoms with Crippen molar-refractivity contribution in [1.82, 2.24) is 0 Å². The molecule has 0 heterocycles.